The molecular weight excluding hydrogens is 455 g/mol. The summed E-state index contributed by atoms with van der Waals surface area (Å²) in [5.74, 6) is 2.13. The molecule has 7 nitrogen and oxygen atoms in total. The molecule has 3 aromatic carbocycles. The molecule has 6 rings (SSSR count). The van der Waals surface area contributed by atoms with Crippen molar-refractivity contribution < 1.29 is 9.13 Å². The third-order valence-corrected chi connectivity index (χ3v) is 6.94. The summed E-state index contributed by atoms with van der Waals surface area (Å²) in [4.78, 5) is 9.69. The van der Waals surface area contributed by atoms with E-state index in [1.807, 2.05) is 60.7 Å². The Bertz CT molecular complexity index is 1550. The highest BCUT2D eigenvalue weighted by Gasteiger charge is 2.28. The van der Waals surface area contributed by atoms with Crippen molar-refractivity contribution in [3.8, 4) is 17.1 Å². The van der Waals surface area contributed by atoms with Crippen LogP contribution in [0.5, 0.6) is 5.75 Å². The molecule has 0 saturated carbocycles. The number of benzene rings is 3. The van der Waals surface area contributed by atoms with E-state index in [2.05, 4.69) is 31.3 Å². The van der Waals surface area contributed by atoms with Gasteiger partial charge in [0.05, 0.1) is 12.6 Å². The monoisotopic (exact) mass is 482 g/mol. The Labute approximate surface area is 208 Å². The van der Waals surface area contributed by atoms with Gasteiger partial charge in [-0.05, 0) is 37.3 Å². The highest BCUT2D eigenvalue weighted by atomic mass is 19.1. The third kappa shape index (κ3) is 3.93. The minimum atomic E-state index is -0.155. The number of rotatable bonds is 5. The van der Waals surface area contributed by atoms with E-state index >= 15 is 0 Å². The van der Waals surface area contributed by atoms with Gasteiger partial charge >= 0.3 is 0 Å². The minimum absolute atomic E-state index is 0.155. The Hall–Kier alpha value is -4.04. The summed E-state index contributed by atoms with van der Waals surface area (Å²) in [5.41, 5.74) is 3.29. The SMILES string of the molecule is COc1cccc(-c2nnc3c4ccccc4nc(N4CCN(Cc5ccccc5F)C(C)C4)n23)c1. The molecule has 1 unspecified atom stereocenters. The van der Waals surface area contributed by atoms with Crippen LogP contribution in [0, 0.1) is 5.82 Å². The second kappa shape index (κ2) is 9.20. The molecule has 0 N–H and O–H groups in total. The molecule has 1 atom stereocenters. The van der Waals surface area contributed by atoms with E-state index in [9.17, 15) is 4.39 Å². The molecular formula is C28H27FN6O. The van der Waals surface area contributed by atoms with E-state index in [1.54, 1.807) is 13.2 Å². The molecule has 1 fully saturated rings. The molecule has 2 aromatic heterocycles. The Morgan fingerprint density at radius 1 is 0.972 bits per heavy atom. The molecule has 0 amide bonds. The molecule has 8 heteroatoms. The fraction of sp³-hybridized carbons (Fsp3) is 0.250. The first-order valence-electron chi connectivity index (χ1n) is 12.1. The predicted molar refractivity (Wildman–Crippen MR) is 139 cm³/mol. The van der Waals surface area contributed by atoms with Crippen LogP contribution in [-0.2, 0) is 6.54 Å². The third-order valence-electron chi connectivity index (χ3n) is 6.94. The zero-order valence-electron chi connectivity index (χ0n) is 20.3. The second-order valence-electron chi connectivity index (χ2n) is 9.20. The van der Waals surface area contributed by atoms with Crippen molar-refractivity contribution in [2.75, 3.05) is 31.6 Å². The number of piperazine rings is 1. The topological polar surface area (TPSA) is 58.8 Å². The molecule has 0 aliphatic carbocycles. The van der Waals surface area contributed by atoms with Crippen LogP contribution < -0.4 is 9.64 Å². The molecule has 0 spiro atoms. The number of anilines is 1. The zero-order chi connectivity index (χ0) is 24.6. The number of nitrogens with zero attached hydrogens (tertiary/aromatic N) is 6. The summed E-state index contributed by atoms with van der Waals surface area (Å²) in [6, 6.07) is 23.1. The van der Waals surface area contributed by atoms with Gasteiger partial charge in [0, 0.05) is 48.7 Å². The van der Waals surface area contributed by atoms with Gasteiger partial charge in [-0.2, -0.15) is 0 Å². The molecule has 182 valence electrons. The van der Waals surface area contributed by atoms with Crippen LogP contribution in [0.1, 0.15) is 12.5 Å². The van der Waals surface area contributed by atoms with Crippen LogP contribution in [0.2, 0.25) is 0 Å². The zero-order valence-corrected chi connectivity index (χ0v) is 20.3. The summed E-state index contributed by atoms with van der Waals surface area (Å²) in [5, 5.41) is 10.1. The smallest absolute Gasteiger partial charge is 0.213 e. The summed E-state index contributed by atoms with van der Waals surface area (Å²) in [6.07, 6.45) is 0. The number of para-hydroxylation sites is 1. The van der Waals surface area contributed by atoms with Crippen LogP contribution >= 0.6 is 0 Å². The van der Waals surface area contributed by atoms with E-state index < -0.39 is 0 Å². The van der Waals surface area contributed by atoms with Crippen molar-refractivity contribution in [3.63, 3.8) is 0 Å². The number of hydrogen-bond donors (Lipinski definition) is 0. The van der Waals surface area contributed by atoms with Gasteiger partial charge in [-0.3, -0.25) is 4.90 Å². The lowest BCUT2D eigenvalue weighted by molar-refractivity contribution is 0.178. The van der Waals surface area contributed by atoms with E-state index in [0.717, 1.165) is 64.8 Å². The van der Waals surface area contributed by atoms with Gasteiger partial charge in [0.2, 0.25) is 5.95 Å². The molecule has 36 heavy (non-hydrogen) atoms. The van der Waals surface area contributed by atoms with E-state index in [-0.39, 0.29) is 11.9 Å². The van der Waals surface area contributed by atoms with Crippen LogP contribution in [0.15, 0.2) is 72.8 Å². The largest absolute Gasteiger partial charge is 0.497 e. The fourth-order valence-electron chi connectivity index (χ4n) is 4.98. The number of methoxy groups -OCH3 is 1. The molecule has 3 heterocycles. The van der Waals surface area contributed by atoms with Gasteiger partial charge in [-0.25, -0.2) is 13.8 Å². The lowest BCUT2D eigenvalue weighted by atomic mass is 10.1. The first kappa shape index (κ1) is 22.4. The maximum atomic E-state index is 14.3. The Morgan fingerprint density at radius 3 is 2.64 bits per heavy atom. The number of hydrogen-bond acceptors (Lipinski definition) is 6. The summed E-state index contributed by atoms with van der Waals surface area (Å²) < 4.78 is 21.8. The highest BCUT2D eigenvalue weighted by molar-refractivity contribution is 5.93. The first-order chi connectivity index (χ1) is 17.6. The van der Waals surface area contributed by atoms with Gasteiger partial charge in [-0.15, -0.1) is 10.2 Å². The standard InChI is InChI=1S/C28H27FN6O/c1-19-17-34(15-14-33(19)18-21-8-3-5-12-24(21)29)28-30-25-13-6-4-11-23(25)27-32-31-26(35(27)28)20-9-7-10-22(16-20)36-2/h3-13,16,19H,14-15,17-18H2,1-2H3. The van der Waals surface area contributed by atoms with E-state index in [1.165, 1.54) is 6.07 Å². The van der Waals surface area contributed by atoms with Gasteiger partial charge in [0.25, 0.3) is 0 Å². The summed E-state index contributed by atoms with van der Waals surface area (Å²) >= 11 is 0. The number of ether oxygens (including phenoxy) is 1. The van der Waals surface area contributed by atoms with Gasteiger partial charge < -0.3 is 9.64 Å². The summed E-state index contributed by atoms with van der Waals surface area (Å²) in [6.45, 7) is 5.08. The Morgan fingerprint density at radius 2 is 1.81 bits per heavy atom. The Kier molecular flexibility index (Phi) is 5.73. The molecule has 0 bridgehead atoms. The van der Waals surface area contributed by atoms with Crippen LogP contribution in [-0.4, -0.2) is 57.3 Å². The maximum absolute atomic E-state index is 14.3. The second-order valence-corrected chi connectivity index (χ2v) is 9.20. The molecule has 1 aliphatic rings. The lowest BCUT2D eigenvalue weighted by Gasteiger charge is -2.40. The van der Waals surface area contributed by atoms with E-state index in [4.69, 9.17) is 9.72 Å². The lowest BCUT2D eigenvalue weighted by Crippen LogP contribution is -2.52. The molecule has 1 saturated heterocycles. The maximum Gasteiger partial charge on any atom is 0.213 e. The van der Waals surface area contributed by atoms with Gasteiger partial charge in [-0.1, -0.05) is 42.5 Å². The van der Waals surface area contributed by atoms with Crippen molar-refractivity contribution >= 4 is 22.5 Å². The fourth-order valence-corrected chi connectivity index (χ4v) is 4.98. The van der Waals surface area contributed by atoms with Crippen molar-refractivity contribution in [2.24, 2.45) is 0 Å². The molecule has 1 aliphatic heterocycles. The van der Waals surface area contributed by atoms with Gasteiger partial charge in [0.1, 0.15) is 11.6 Å². The predicted octanol–water partition coefficient (Wildman–Crippen LogP) is 4.80. The first-order valence-corrected chi connectivity index (χ1v) is 12.1. The van der Waals surface area contributed by atoms with Crippen molar-refractivity contribution in [2.45, 2.75) is 19.5 Å². The number of fused-ring (bicyclic) bond motifs is 3. The van der Waals surface area contributed by atoms with Crippen LogP contribution in [0.4, 0.5) is 10.3 Å². The van der Waals surface area contributed by atoms with Crippen molar-refractivity contribution in [1.82, 2.24) is 24.5 Å². The van der Waals surface area contributed by atoms with Crippen LogP contribution in [0.3, 0.4) is 0 Å². The molecule has 5 aromatic rings. The normalized spacial score (nSPS) is 16.6. The summed E-state index contributed by atoms with van der Waals surface area (Å²) in [7, 11) is 1.66. The average molecular weight is 483 g/mol. The number of aromatic nitrogens is 4. The van der Waals surface area contributed by atoms with Gasteiger partial charge in [0.15, 0.2) is 11.5 Å². The average Bonchev–Trinajstić information content (AvgIpc) is 3.36. The van der Waals surface area contributed by atoms with Crippen LogP contribution in [0.25, 0.3) is 27.9 Å². The van der Waals surface area contributed by atoms with Crippen molar-refractivity contribution in [3.05, 3.63) is 84.2 Å². The van der Waals surface area contributed by atoms with Crippen molar-refractivity contribution in [1.29, 1.82) is 0 Å². The quantitative estimate of drug-likeness (QED) is 0.359. The minimum Gasteiger partial charge on any atom is -0.497 e. The molecule has 0 radical (unpaired) electrons. The van der Waals surface area contributed by atoms with E-state index in [0.29, 0.717) is 6.54 Å². The number of halogens is 1. The highest BCUT2D eigenvalue weighted by Crippen LogP contribution is 2.31. The Balaban J connectivity index is 1.40.